The molecule has 0 amide bonds. The second-order valence-corrected chi connectivity index (χ2v) is 17.1. The zero-order valence-corrected chi connectivity index (χ0v) is 34.2. The molecule has 0 N–H and O–H groups in total. The van der Waals surface area contributed by atoms with Gasteiger partial charge in [0.25, 0.3) is 0 Å². The van der Waals surface area contributed by atoms with Gasteiger partial charge in [0.05, 0.1) is 11.1 Å². The van der Waals surface area contributed by atoms with E-state index in [2.05, 4.69) is 223 Å². The summed E-state index contributed by atoms with van der Waals surface area (Å²) in [6.45, 7) is 0. The van der Waals surface area contributed by atoms with Crippen molar-refractivity contribution >= 4 is 71.3 Å². The monoisotopic (exact) mass is 799 g/mol. The zero-order valence-electron chi connectivity index (χ0n) is 34.2. The molecule has 0 bridgehead atoms. The van der Waals surface area contributed by atoms with Crippen molar-refractivity contribution in [2.45, 2.75) is 5.41 Å². The van der Waals surface area contributed by atoms with Gasteiger partial charge in [-0.1, -0.05) is 188 Å². The van der Waals surface area contributed by atoms with Crippen molar-refractivity contribution in [1.82, 2.24) is 0 Å². The molecule has 0 unspecified atom stereocenters. The fourth-order valence-corrected chi connectivity index (χ4v) is 11.5. The number of furan rings is 1. The van der Waals surface area contributed by atoms with E-state index in [1.54, 1.807) is 0 Å². The third kappa shape index (κ3) is 4.62. The number of anilines is 3. The van der Waals surface area contributed by atoms with Gasteiger partial charge in [0.2, 0.25) is 0 Å². The number of para-hydroxylation sites is 3. The smallest absolute Gasteiger partial charge is 0.143 e. The van der Waals surface area contributed by atoms with E-state index in [-0.39, 0.29) is 0 Å². The Morgan fingerprint density at radius 2 is 0.730 bits per heavy atom. The molecule has 1 heterocycles. The van der Waals surface area contributed by atoms with E-state index < -0.39 is 5.41 Å². The molecule has 2 aliphatic carbocycles. The first kappa shape index (κ1) is 34.5. The maximum Gasteiger partial charge on any atom is 0.143 e. The minimum Gasteiger partial charge on any atom is -0.455 e. The van der Waals surface area contributed by atoms with Gasteiger partial charge in [0, 0.05) is 33.3 Å². The normalized spacial score (nSPS) is 13.2. The van der Waals surface area contributed by atoms with Crippen molar-refractivity contribution in [2.24, 2.45) is 0 Å². The van der Waals surface area contributed by atoms with E-state index in [0.29, 0.717) is 0 Å². The summed E-state index contributed by atoms with van der Waals surface area (Å²) in [4.78, 5) is 2.49. The van der Waals surface area contributed by atoms with Crippen molar-refractivity contribution in [3.8, 4) is 33.4 Å². The molecule has 0 atom stereocenters. The molecular formula is C61H37NO. The highest BCUT2D eigenvalue weighted by Crippen LogP contribution is 2.63. The van der Waals surface area contributed by atoms with Crippen LogP contribution in [0.15, 0.2) is 229 Å². The van der Waals surface area contributed by atoms with Gasteiger partial charge < -0.3 is 9.32 Å². The average molecular weight is 800 g/mol. The number of nitrogens with zero attached hydrogens (tertiary/aromatic N) is 1. The summed E-state index contributed by atoms with van der Waals surface area (Å²) in [6.07, 6.45) is 0. The van der Waals surface area contributed by atoms with Crippen molar-refractivity contribution < 1.29 is 4.42 Å². The van der Waals surface area contributed by atoms with Crippen LogP contribution in [0.2, 0.25) is 0 Å². The molecule has 0 saturated heterocycles. The first-order valence-corrected chi connectivity index (χ1v) is 21.8. The fourth-order valence-electron chi connectivity index (χ4n) is 11.5. The second-order valence-electron chi connectivity index (χ2n) is 17.1. The number of benzene rings is 11. The Balaban J connectivity index is 1.08. The maximum absolute atomic E-state index is 6.74. The minimum absolute atomic E-state index is 0.474. The molecule has 2 heteroatoms. The highest BCUT2D eigenvalue weighted by atomic mass is 16.3. The highest BCUT2D eigenvalue weighted by Gasteiger charge is 2.51. The van der Waals surface area contributed by atoms with Crippen LogP contribution in [0.3, 0.4) is 0 Å². The van der Waals surface area contributed by atoms with Crippen LogP contribution in [0.4, 0.5) is 17.1 Å². The molecule has 12 aromatic rings. The topological polar surface area (TPSA) is 16.4 Å². The Morgan fingerprint density at radius 1 is 0.286 bits per heavy atom. The van der Waals surface area contributed by atoms with Gasteiger partial charge in [-0.15, -0.1) is 0 Å². The van der Waals surface area contributed by atoms with E-state index in [0.717, 1.165) is 50.1 Å². The number of fused-ring (bicyclic) bond motifs is 19. The van der Waals surface area contributed by atoms with Crippen LogP contribution in [0.1, 0.15) is 22.3 Å². The van der Waals surface area contributed by atoms with Crippen LogP contribution >= 0.6 is 0 Å². The Morgan fingerprint density at radius 3 is 1.38 bits per heavy atom. The lowest BCUT2D eigenvalue weighted by Crippen LogP contribution is -2.26. The van der Waals surface area contributed by atoms with Gasteiger partial charge in [-0.3, -0.25) is 0 Å². The summed E-state index contributed by atoms with van der Waals surface area (Å²) in [7, 11) is 0. The Kier molecular flexibility index (Phi) is 7.07. The first-order chi connectivity index (χ1) is 31.3. The quantitative estimate of drug-likeness (QED) is 0.165. The second kappa shape index (κ2) is 12.9. The summed E-state index contributed by atoms with van der Waals surface area (Å²) in [6, 6.07) is 82.9. The Bertz CT molecular complexity index is 3790. The molecule has 2 nitrogen and oxygen atoms in total. The summed E-state index contributed by atoms with van der Waals surface area (Å²) in [5.41, 5.74) is 17.2. The fraction of sp³-hybridized carbons (Fsp3) is 0.0164. The summed E-state index contributed by atoms with van der Waals surface area (Å²) >= 11 is 0. The average Bonchev–Trinajstić information content (AvgIpc) is 3.99. The molecule has 63 heavy (non-hydrogen) atoms. The largest absolute Gasteiger partial charge is 0.455 e. The predicted molar refractivity (Wildman–Crippen MR) is 263 cm³/mol. The summed E-state index contributed by atoms with van der Waals surface area (Å²) in [5, 5.41) is 9.76. The third-order valence-electron chi connectivity index (χ3n) is 14.1. The van der Waals surface area contributed by atoms with Gasteiger partial charge in [-0.05, 0) is 113 Å². The van der Waals surface area contributed by atoms with Crippen LogP contribution in [-0.2, 0) is 5.41 Å². The number of hydrogen-bond donors (Lipinski definition) is 0. The number of rotatable bonds is 4. The highest BCUT2D eigenvalue weighted by molar-refractivity contribution is 6.26. The van der Waals surface area contributed by atoms with Crippen LogP contribution < -0.4 is 4.90 Å². The van der Waals surface area contributed by atoms with Crippen LogP contribution in [0.25, 0.3) is 87.6 Å². The lowest BCUT2D eigenvalue weighted by atomic mass is 9.70. The molecule has 0 fully saturated rings. The lowest BCUT2D eigenvalue weighted by molar-refractivity contribution is 0.670. The Labute approximate surface area is 364 Å². The van der Waals surface area contributed by atoms with Crippen molar-refractivity contribution in [1.29, 1.82) is 0 Å². The number of hydrogen-bond acceptors (Lipinski definition) is 2. The third-order valence-corrected chi connectivity index (χ3v) is 14.1. The van der Waals surface area contributed by atoms with Crippen molar-refractivity contribution in [3.05, 3.63) is 247 Å². The molecule has 2 aliphatic rings. The van der Waals surface area contributed by atoms with Gasteiger partial charge in [-0.2, -0.15) is 0 Å². The van der Waals surface area contributed by atoms with Gasteiger partial charge >= 0.3 is 0 Å². The summed E-state index contributed by atoms with van der Waals surface area (Å²) < 4.78 is 6.74. The zero-order chi connectivity index (χ0) is 41.2. The van der Waals surface area contributed by atoms with Gasteiger partial charge in [0.1, 0.15) is 11.2 Å². The van der Waals surface area contributed by atoms with Crippen LogP contribution in [0, 0.1) is 0 Å². The van der Waals surface area contributed by atoms with Crippen molar-refractivity contribution in [3.63, 3.8) is 0 Å². The molecule has 1 spiro atoms. The lowest BCUT2D eigenvalue weighted by Gasteiger charge is -2.33. The SMILES string of the molecule is c1ccc(N(c2ccc3c(c2)C2(c4ccccc4-c4ccccc42)c2ccccc2-3)c2ccc3c4ccccc4c4ccccc4c3c2)c(-c2cccc3c2oc2ccccc23)c1. The molecule has 0 aliphatic heterocycles. The molecule has 0 radical (unpaired) electrons. The van der Waals surface area contributed by atoms with E-state index in [1.165, 1.54) is 76.8 Å². The molecule has 1 aromatic heterocycles. The van der Waals surface area contributed by atoms with E-state index in [1.807, 2.05) is 6.07 Å². The van der Waals surface area contributed by atoms with Gasteiger partial charge in [-0.25, -0.2) is 0 Å². The van der Waals surface area contributed by atoms with Gasteiger partial charge in [0.15, 0.2) is 0 Å². The van der Waals surface area contributed by atoms with E-state index in [9.17, 15) is 0 Å². The van der Waals surface area contributed by atoms with Crippen LogP contribution in [-0.4, -0.2) is 0 Å². The van der Waals surface area contributed by atoms with E-state index in [4.69, 9.17) is 4.42 Å². The molecular weight excluding hydrogens is 763 g/mol. The summed E-state index contributed by atoms with van der Waals surface area (Å²) in [5.74, 6) is 0. The van der Waals surface area contributed by atoms with Crippen molar-refractivity contribution in [2.75, 3.05) is 4.90 Å². The molecule has 0 saturated carbocycles. The molecule has 14 rings (SSSR count). The Hall–Kier alpha value is -8.20. The van der Waals surface area contributed by atoms with E-state index >= 15 is 0 Å². The first-order valence-electron chi connectivity index (χ1n) is 21.8. The molecule has 292 valence electrons. The predicted octanol–water partition coefficient (Wildman–Crippen LogP) is 16.5. The standard InChI is InChI=1S/C61H37NO/c1-2-18-42-40(16-1)41-17-3-4-19-43(41)53-36-38(32-34-44(42)53)62(58-30-13-8-23-49(58)51-25-15-26-52-50-24-9-14-31-59(50)63-60(51)52)39-33-35-48-47-22-7-12-29-56(47)61(57(48)37-39)54-27-10-5-20-45(54)46-21-6-11-28-55(46)61/h1-37H. The maximum atomic E-state index is 6.74. The molecule has 11 aromatic carbocycles. The van der Waals surface area contributed by atoms with Crippen LogP contribution in [0.5, 0.6) is 0 Å². The minimum atomic E-state index is -0.474.